The van der Waals surface area contributed by atoms with Crippen LogP contribution >= 0.6 is 0 Å². The molecule has 0 saturated carbocycles. The number of amides is 1. The molecule has 1 aromatic rings. The molecule has 2 rings (SSSR count). The van der Waals surface area contributed by atoms with Crippen LogP contribution in [-0.2, 0) is 11.3 Å². The van der Waals surface area contributed by atoms with Crippen LogP contribution in [0.2, 0.25) is 0 Å². The van der Waals surface area contributed by atoms with Crippen molar-refractivity contribution < 1.29 is 4.79 Å². The van der Waals surface area contributed by atoms with Crippen LogP contribution in [0.1, 0.15) is 11.4 Å². The van der Waals surface area contributed by atoms with Gasteiger partial charge in [-0.15, -0.1) is 0 Å². The van der Waals surface area contributed by atoms with E-state index in [2.05, 4.69) is 5.10 Å². The smallest absolute Gasteiger partial charge is 0.244 e. The number of aryl methyl sites for hydroxylation is 2. The van der Waals surface area contributed by atoms with E-state index in [0.717, 1.165) is 11.4 Å². The van der Waals surface area contributed by atoms with Crippen molar-refractivity contribution >= 4 is 5.91 Å². The van der Waals surface area contributed by atoms with E-state index in [0.29, 0.717) is 19.6 Å². The van der Waals surface area contributed by atoms with Crippen LogP contribution in [0.15, 0.2) is 6.07 Å². The molecule has 0 unspecified atom stereocenters. The minimum atomic E-state index is 0.0999. The summed E-state index contributed by atoms with van der Waals surface area (Å²) >= 11 is 0. The fourth-order valence-electron chi connectivity index (χ4n) is 1.78. The minimum Gasteiger partial charge on any atom is -0.338 e. The van der Waals surface area contributed by atoms with Crippen molar-refractivity contribution in [1.82, 2.24) is 14.7 Å². The number of aromatic nitrogens is 2. The molecule has 1 aliphatic heterocycles. The van der Waals surface area contributed by atoms with E-state index in [1.165, 1.54) is 0 Å². The zero-order chi connectivity index (χ0) is 11.0. The third-order valence-electron chi connectivity index (χ3n) is 2.65. The van der Waals surface area contributed by atoms with Gasteiger partial charge >= 0.3 is 0 Å². The highest BCUT2D eigenvalue weighted by molar-refractivity contribution is 5.77. The molecule has 1 fully saturated rings. The summed E-state index contributed by atoms with van der Waals surface area (Å²) in [5, 5.41) is 4.25. The standard InChI is InChI=1S/C10H16N4O/c1-7-3-8(2)14(12-7)6-10(15)13-4-9(11)5-13/h3,9H,4-6,11H2,1-2H3. The molecule has 0 aromatic carbocycles. The lowest BCUT2D eigenvalue weighted by Gasteiger charge is -2.36. The van der Waals surface area contributed by atoms with Crippen molar-refractivity contribution in [2.75, 3.05) is 13.1 Å². The van der Waals surface area contributed by atoms with Crippen LogP contribution < -0.4 is 5.73 Å². The first-order valence-corrected chi connectivity index (χ1v) is 5.10. The van der Waals surface area contributed by atoms with Gasteiger partial charge in [-0.2, -0.15) is 5.10 Å². The SMILES string of the molecule is Cc1cc(C)n(CC(=O)N2CC(N)C2)n1. The fourth-order valence-corrected chi connectivity index (χ4v) is 1.78. The first kappa shape index (κ1) is 10.2. The van der Waals surface area contributed by atoms with Crippen molar-refractivity contribution in [3.05, 3.63) is 17.5 Å². The molecule has 5 heteroatoms. The Bertz CT molecular complexity index is 379. The van der Waals surface area contributed by atoms with Gasteiger partial charge in [-0.05, 0) is 19.9 Å². The molecule has 1 aliphatic rings. The number of carbonyl (C=O) groups is 1. The predicted octanol–water partition coefficient (Wildman–Crippen LogP) is -0.331. The molecule has 0 bridgehead atoms. The minimum absolute atomic E-state index is 0.0999. The highest BCUT2D eigenvalue weighted by atomic mass is 16.2. The second-order valence-electron chi connectivity index (χ2n) is 4.14. The monoisotopic (exact) mass is 208 g/mol. The van der Waals surface area contributed by atoms with Crippen LogP contribution in [0, 0.1) is 13.8 Å². The van der Waals surface area contributed by atoms with Gasteiger partial charge in [0.2, 0.25) is 5.91 Å². The summed E-state index contributed by atoms with van der Waals surface area (Å²) in [4.78, 5) is 13.5. The van der Waals surface area contributed by atoms with Crippen molar-refractivity contribution in [3.8, 4) is 0 Å². The maximum absolute atomic E-state index is 11.7. The Morgan fingerprint density at radius 1 is 1.60 bits per heavy atom. The Labute approximate surface area is 88.8 Å². The molecule has 0 atom stereocenters. The number of nitrogens with two attached hydrogens (primary N) is 1. The number of rotatable bonds is 2. The zero-order valence-electron chi connectivity index (χ0n) is 9.10. The molecular weight excluding hydrogens is 192 g/mol. The Morgan fingerprint density at radius 2 is 2.27 bits per heavy atom. The van der Waals surface area contributed by atoms with Gasteiger partial charge in [0.15, 0.2) is 0 Å². The van der Waals surface area contributed by atoms with Gasteiger partial charge in [-0.1, -0.05) is 0 Å². The molecule has 82 valence electrons. The molecule has 1 saturated heterocycles. The lowest BCUT2D eigenvalue weighted by atomic mass is 10.1. The second-order valence-corrected chi connectivity index (χ2v) is 4.14. The summed E-state index contributed by atoms with van der Waals surface area (Å²) in [6, 6.07) is 2.13. The zero-order valence-corrected chi connectivity index (χ0v) is 9.10. The first-order chi connectivity index (χ1) is 7.06. The summed E-state index contributed by atoms with van der Waals surface area (Å²) in [7, 11) is 0. The van der Waals surface area contributed by atoms with Crippen LogP contribution in [0.5, 0.6) is 0 Å². The molecule has 0 spiro atoms. The topological polar surface area (TPSA) is 64.2 Å². The number of likely N-dealkylation sites (tertiary alicyclic amines) is 1. The third kappa shape index (κ3) is 2.02. The van der Waals surface area contributed by atoms with Gasteiger partial charge in [0.05, 0.1) is 5.69 Å². The van der Waals surface area contributed by atoms with Crippen molar-refractivity contribution in [2.45, 2.75) is 26.4 Å². The summed E-state index contributed by atoms with van der Waals surface area (Å²) in [5.74, 6) is 0.0999. The molecule has 5 nitrogen and oxygen atoms in total. The third-order valence-corrected chi connectivity index (χ3v) is 2.65. The first-order valence-electron chi connectivity index (χ1n) is 5.10. The molecule has 2 N–H and O–H groups in total. The average Bonchev–Trinajstić information content (AvgIpc) is 2.40. The van der Waals surface area contributed by atoms with Crippen LogP contribution in [0.3, 0.4) is 0 Å². The molecular formula is C10H16N4O. The van der Waals surface area contributed by atoms with E-state index in [1.54, 1.807) is 9.58 Å². The van der Waals surface area contributed by atoms with Crippen LogP contribution in [0.4, 0.5) is 0 Å². The van der Waals surface area contributed by atoms with Gasteiger partial charge in [-0.3, -0.25) is 9.48 Å². The summed E-state index contributed by atoms with van der Waals surface area (Å²) in [6.07, 6.45) is 0. The maximum Gasteiger partial charge on any atom is 0.244 e. The normalized spacial score (nSPS) is 16.6. The molecule has 0 aliphatic carbocycles. The number of hydrogen-bond donors (Lipinski definition) is 1. The number of nitrogens with zero attached hydrogens (tertiary/aromatic N) is 3. The van der Waals surface area contributed by atoms with Crippen LogP contribution in [0.25, 0.3) is 0 Å². The van der Waals surface area contributed by atoms with Crippen molar-refractivity contribution in [3.63, 3.8) is 0 Å². The predicted molar refractivity (Wildman–Crippen MR) is 56.3 cm³/mol. The second kappa shape index (κ2) is 3.66. The lowest BCUT2D eigenvalue weighted by Crippen LogP contribution is -2.58. The largest absolute Gasteiger partial charge is 0.338 e. The summed E-state index contributed by atoms with van der Waals surface area (Å²) < 4.78 is 1.74. The van der Waals surface area contributed by atoms with E-state index >= 15 is 0 Å². The van der Waals surface area contributed by atoms with Gasteiger partial charge in [0, 0.05) is 24.8 Å². The van der Waals surface area contributed by atoms with E-state index in [4.69, 9.17) is 5.73 Å². The Kier molecular flexibility index (Phi) is 2.48. The molecule has 15 heavy (non-hydrogen) atoms. The van der Waals surface area contributed by atoms with E-state index in [1.807, 2.05) is 19.9 Å². The average molecular weight is 208 g/mol. The number of hydrogen-bond acceptors (Lipinski definition) is 3. The summed E-state index contributed by atoms with van der Waals surface area (Å²) in [5.41, 5.74) is 7.58. The summed E-state index contributed by atoms with van der Waals surface area (Å²) in [6.45, 7) is 5.56. The number of carbonyl (C=O) groups excluding carboxylic acids is 1. The van der Waals surface area contributed by atoms with E-state index < -0.39 is 0 Å². The molecule has 1 aromatic heterocycles. The van der Waals surface area contributed by atoms with Gasteiger partial charge in [-0.25, -0.2) is 0 Å². The lowest BCUT2D eigenvalue weighted by molar-refractivity contribution is -0.136. The van der Waals surface area contributed by atoms with Gasteiger partial charge in [0.25, 0.3) is 0 Å². The Hall–Kier alpha value is -1.36. The van der Waals surface area contributed by atoms with Crippen LogP contribution in [-0.4, -0.2) is 39.7 Å². The quantitative estimate of drug-likeness (QED) is 0.723. The Morgan fingerprint density at radius 3 is 2.73 bits per heavy atom. The Balaban J connectivity index is 1.97. The maximum atomic E-state index is 11.7. The molecule has 1 amide bonds. The molecule has 0 radical (unpaired) electrons. The van der Waals surface area contributed by atoms with Gasteiger partial charge in [0.1, 0.15) is 6.54 Å². The van der Waals surface area contributed by atoms with Crippen molar-refractivity contribution in [1.29, 1.82) is 0 Å². The molecule has 2 heterocycles. The fraction of sp³-hybridized carbons (Fsp3) is 0.600. The van der Waals surface area contributed by atoms with E-state index in [-0.39, 0.29) is 11.9 Å². The van der Waals surface area contributed by atoms with Gasteiger partial charge < -0.3 is 10.6 Å². The van der Waals surface area contributed by atoms with Crippen molar-refractivity contribution in [2.24, 2.45) is 5.73 Å². The van der Waals surface area contributed by atoms with E-state index in [9.17, 15) is 4.79 Å². The highest BCUT2D eigenvalue weighted by Crippen LogP contribution is 2.08. The highest BCUT2D eigenvalue weighted by Gasteiger charge is 2.27.